The van der Waals surface area contributed by atoms with E-state index in [1.165, 1.54) is 32.8 Å². The van der Waals surface area contributed by atoms with Crippen LogP contribution in [0.2, 0.25) is 0 Å². The lowest BCUT2D eigenvalue weighted by molar-refractivity contribution is -0.141. The normalized spacial score (nSPS) is 20.2. The number of nitrogens with two attached hydrogens (primary N) is 1. The molecule has 0 aromatic rings. The van der Waals surface area contributed by atoms with Gasteiger partial charge in [0.05, 0.1) is 13.5 Å². The summed E-state index contributed by atoms with van der Waals surface area (Å²) in [4.78, 5) is 10.9. The third-order valence-electron chi connectivity index (χ3n) is 2.77. The van der Waals surface area contributed by atoms with Gasteiger partial charge in [-0.2, -0.15) is 0 Å². The minimum absolute atomic E-state index is 0.00412. The molecule has 1 atom stereocenters. The van der Waals surface area contributed by atoms with E-state index in [1.807, 2.05) is 0 Å². The maximum absolute atomic E-state index is 10.9. The molecule has 0 aliphatic heterocycles. The minimum Gasteiger partial charge on any atom is -0.469 e. The number of esters is 1. The minimum atomic E-state index is -0.189. The predicted molar refractivity (Wildman–Crippen MR) is 51.2 cm³/mol. The van der Waals surface area contributed by atoms with Crippen molar-refractivity contribution in [1.29, 1.82) is 0 Å². The molecule has 0 spiro atoms. The van der Waals surface area contributed by atoms with Crippen molar-refractivity contribution >= 4 is 5.97 Å². The van der Waals surface area contributed by atoms with Crippen LogP contribution in [0.15, 0.2) is 0 Å². The van der Waals surface area contributed by atoms with Crippen molar-refractivity contribution in [3.63, 3.8) is 0 Å². The Morgan fingerprint density at radius 3 is 2.69 bits per heavy atom. The van der Waals surface area contributed by atoms with Gasteiger partial charge < -0.3 is 10.5 Å². The maximum atomic E-state index is 10.9. The Kier molecular flexibility index (Phi) is 4.22. The van der Waals surface area contributed by atoms with Crippen LogP contribution in [0.4, 0.5) is 0 Å². The lowest BCUT2D eigenvalue weighted by Crippen LogP contribution is -2.26. The fraction of sp³-hybridized carbons (Fsp3) is 0.900. The summed E-state index contributed by atoms with van der Waals surface area (Å²) < 4.78 is 4.57. The first kappa shape index (κ1) is 10.5. The summed E-state index contributed by atoms with van der Waals surface area (Å²) in [5, 5.41) is 0. The van der Waals surface area contributed by atoms with E-state index in [2.05, 4.69) is 4.74 Å². The van der Waals surface area contributed by atoms with Crippen LogP contribution in [0.5, 0.6) is 0 Å². The molecule has 1 aliphatic carbocycles. The average molecular weight is 185 g/mol. The Labute approximate surface area is 79.6 Å². The Morgan fingerprint density at radius 2 is 2.15 bits per heavy atom. The Balaban J connectivity index is 2.16. The molecule has 0 aromatic carbocycles. The van der Waals surface area contributed by atoms with Crippen molar-refractivity contribution in [1.82, 2.24) is 0 Å². The quantitative estimate of drug-likeness (QED) is 0.674. The van der Waals surface area contributed by atoms with Crippen molar-refractivity contribution in [3.05, 3.63) is 0 Å². The highest BCUT2D eigenvalue weighted by molar-refractivity contribution is 5.69. The summed E-state index contributed by atoms with van der Waals surface area (Å²) >= 11 is 0. The van der Waals surface area contributed by atoms with E-state index in [0.717, 1.165) is 12.3 Å². The Morgan fingerprint density at radius 1 is 1.54 bits per heavy atom. The highest BCUT2D eigenvalue weighted by Gasteiger charge is 2.19. The van der Waals surface area contributed by atoms with E-state index >= 15 is 0 Å². The number of ether oxygens (including phenoxy) is 1. The molecule has 1 aliphatic rings. The van der Waals surface area contributed by atoms with Gasteiger partial charge in [0.15, 0.2) is 0 Å². The molecule has 1 unspecified atom stereocenters. The highest BCUT2D eigenvalue weighted by atomic mass is 16.5. The molecule has 0 bridgehead atoms. The largest absolute Gasteiger partial charge is 0.469 e. The van der Waals surface area contributed by atoms with Gasteiger partial charge in [-0.15, -0.1) is 0 Å². The van der Waals surface area contributed by atoms with Gasteiger partial charge in [-0.1, -0.05) is 25.7 Å². The van der Waals surface area contributed by atoms with Gasteiger partial charge in [-0.25, -0.2) is 0 Å². The Bertz CT molecular complexity index is 164. The van der Waals surface area contributed by atoms with Crippen molar-refractivity contribution in [3.8, 4) is 0 Å². The topological polar surface area (TPSA) is 52.3 Å². The van der Waals surface area contributed by atoms with Crippen LogP contribution in [-0.2, 0) is 9.53 Å². The molecule has 1 rings (SSSR count). The molecule has 0 aromatic heterocycles. The summed E-state index contributed by atoms with van der Waals surface area (Å²) in [6, 6.07) is -0.00412. The van der Waals surface area contributed by atoms with Crippen molar-refractivity contribution in [2.24, 2.45) is 11.7 Å². The molecule has 3 nitrogen and oxygen atoms in total. The van der Waals surface area contributed by atoms with E-state index in [9.17, 15) is 4.79 Å². The highest BCUT2D eigenvalue weighted by Crippen LogP contribution is 2.28. The second-order valence-corrected chi connectivity index (χ2v) is 3.93. The SMILES string of the molecule is COC(=O)CC(N)CC1CCCC1. The van der Waals surface area contributed by atoms with Crippen molar-refractivity contribution < 1.29 is 9.53 Å². The van der Waals surface area contributed by atoms with Gasteiger partial charge in [-0.05, 0) is 12.3 Å². The fourth-order valence-corrected chi connectivity index (χ4v) is 2.05. The number of methoxy groups -OCH3 is 1. The molecule has 76 valence electrons. The Hall–Kier alpha value is -0.570. The van der Waals surface area contributed by atoms with Gasteiger partial charge in [-0.3, -0.25) is 4.79 Å². The summed E-state index contributed by atoms with van der Waals surface area (Å²) in [6.45, 7) is 0. The monoisotopic (exact) mass is 185 g/mol. The van der Waals surface area contributed by atoms with Gasteiger partial charge in [0.2, 0.25) is 0 Å². The molecule has 1 saturated carbocycles. The van der Waals surface area contributed by atoms with Crippen molar-refractivity contribution in [2.45, 2.75) is 44.6 Å². The zero-order valence-electron chi connectivity index (χ0n) is 8.29. The molecule has 0 saturated heterocycles. The molecule has 0 heterocycles. The number of carbonyl (C=O) groups excluding carboxylic acids is 1. The van der Waals surface area contributed by atoms with E-state index in [4.69, 9.17) is 5.73 Å². The lowest BCUT2D eigenvalue weighted by atomic mass is 9.97. The average Bonchev–Trinajstić information content (AvgIpc) is 2.56. The molecular formula is C10H19NO2. The number of carbonyl (C=O) groups is 1. The molecular weight excluding hydrogens is 166 g/mol. The number of hydrogen-bond acceptors (Lipinski definition) is 3. The first-order chi connectivity index (χ1) is 6.22. The van der Waals surface area contributed by atoms with Crippen LogP contribution < -0.4 is 5.73 Å². The summed E-state index contributed by atoms with van der Waals surface area (Å²) in [6.07, 6.45) is 6.58. The van der Waals surface area contributed by atoms with Crippen molar-refractivity contribution in [2.75, 3.05) is 7.11 Å². The van der Waals surface area contributed by atoms with Gasteiger partial charge in [0.1, 0.15) is 0 Å². The van der Waals surface area contributed by atoms with E-state index in [1.54, 1.807) is 0 Å². The lowest BCUT2D eigenvalue weighted by Gasteiger charge is -2.14. The first-order valence-electron chi connectivity index (χ1n) is 5.04. The van der Waals surface area contributed by atoms with Crippen LogP contribution in [0.1, 0.15) is 38.5 Å². The zero-order valence-corrected chi connectivity index (χ0v) is 8.29. The van der Waals surface area contributed by atoms with Crippen LogP contribution in [0.25, 0.3) is 0 Å². The van der Waals surface area contributed by atoms with E-state index in [-0.39, 0.29) is 12.0 Å². The smallest absolute Gasteiger partial charge is 0.307 e. The molecule has 0 amide bonds. The predicted octanol–water partition coefficient (Wildman–Crippen LogP) is 1.46. The molecule has 0 radical (unpaired) electrons. The third-order valence-corrected chi connectivity index (χ3v) is 2.77. The zero-order chi connectivity index (χ0) is 9.68. The second-order valence-electron chi connectivity index (χ2n) is 3.93. The summed E-state index contributed by atoms with van der Waals surface area (Å²) in [5.74, 6) is 0.560. The molecule has 1 fully saturated rings. The molecule has 3 heteroatoms. The first-order valence-corrected chi connectivity index (χ1v) is 5.04. The van der Waals surface area contributed by atoms with Gasteiger partial charge >= 0.3 is 5.97 Å². The van der Waals surface area contributed by atoms with Crippen LogP contribution in [-0.4, -0.2) is 19.1 Å². The summed E-state index contributed by atoms with van der Waals surface area (Å²) in [5.41, 5.74) is 5.83. The molecule has 13 heavy (non-hydrogen) atoms. The van der Waals surface area contributed by atoms with Crippen LogP contribution in [0, 0.1) is 5.92 Å². The molecule has 2 N–H and O–H groups in total. The maximum Gasteiger partial charge on any atom is 0.307 e. The van der Waals surface area contributed by atoms with Crippen LogP contribution >= 0.6 is 0 Å². The second kappa shape index (κ2) is 5.22. The van der Waals surface area contributed by atoms with Gasteiger partial charge in [0.25, 0.3) is 0 Å². The fourth-order valence-electron chi connectivity index (χ4n) is 2.05. The summed E-state index contributed by atoms with van der Waals surface area (Å²) in [7, 11) is 1.41. The van der Waals surface area contributed by atoms with E-state index in [0.29, 0.717) is 6.42 Å². The van der Waals surface area contributed by atoms with Gasteiger partial charge in [0, 0.05) is 6.04 Å². The standard InChI is InChI=1S/C10H19NO2/c1-13-10(12)7-9(11)6-8-4-2-3-5-8/h8-9H,2-7,11H2,1H3. The van der Waals surface area contributed by atoms with Crippen LogP contribution in [0.3, 0.4) is 0 Å². The third kappa shape index (κ3) is 3.77. The number of hydrogen-bond donors (Lipinski definition) is 1. The van der Waals surface area contributed by atoms with E-state index < -0.39 is 0 Å². The number of rotatable bonds is 4.